The third kappa shape index (κ3) is 3.71. The summed E-state index contributed by atoms with van der Waals surface area (Å²) in [6.07, 6.45) is 1.14. The topological polar surface area (TPSA) is 71.1 Å². The first kappa shape index (κ1) is 14.8. The predicted molar refractivity (Wildman–Crippen MR) is 79.0 cm³/mol. The molecule has 3 N–H and O–H groups in total. The van der Waals surface area contributed by atoms with Crippen LogP contribution >= 0.6 is 0 Å². The zero-order valence-electron chi connectivity index (χ0n) is 11.9. The Labute approximate surface area is 120 Å². The average Bonchev–Trinajstić information content (AvgIpc) is 2.93. The Balaban J connectivity index is 2.03. The van der Waals surface area contributed by atoms with Crippen molar-refractivity contribution < 1.29 is 9.94 Å². The van der Waals surface area contributed by atoms with Crippen LogP contribution in [0.4, 0.5) is 0 Å². The monoisotopic (exact) mass is 277 g/mol. The van der Waals surface area contributed by atoms with Crippen LogP contribution in [0, 0.1) is 5.92 Å². The predicted octanol–water partition coefficient (Wildman–Crippen LogP) is 1.48. The second kappa shape index (κ2) is 7.26. The molecular weight excluding hydrogens is 254 g/mol. The fourth-order valence-corrected chi connectivity index (χ4v) is 2.83. The van der Waals surface area contributed by atoms with Crippen molar-refractivity contribution >= 4 is 5.84 Å². The molecule has 1 aromatic rings. The van der Waals surface area contributed by atoms with E-state index in [0.29, 0.717) is 5.92 Å². The average molecular weight is 277 g/mol. The minimum atomic E-state index is -0.0671. The lowest BCUT2D eigenvalue weighted by Gasteiger charge is -2.23. The van der Waals surface area contributed by atoms with Crippen molar-refractivity contribution in [1.82, 2.24) is 4.90 Å². The number of nitrogens with two attached hydrogens (primary N) is 1. The molecule has 1 saturated heterocycles. The summed E-state index contributed by atoms with van der Waals surface area (Å²) in [6, 6.07) is 9.96. The number of hydrogen-bond acceptors (Lipinski definition) is 4. The van der Waals surface area contributed by atoms with Gasteiger partial charge in [-0.3, -0.25) is 0 Å². The van der Waals surface area contributed by atoms with E-state index in [0.717, 1.165) is 38.2 Å². The van der Waals surface area contributed by atoms with Gasteiger partial charge >= 0.3 is 0 Å². The Kier molecular flexibility index (Phi) is 5.38. The summed E-state index contributed by atoms with van der Waals surface area (Å²) in [5.41, 5.74) is 6.95. The van der Waals surface area contributed by atoms with Gasteiger partial charge in [0.15, 0.2) is 0 Å². The lowest BCUT2D eigenvalue weighted by atomic mass is 9.97. The van der Waals surface area contributed by atoms with E-state index in [2.05, 4.69) is 10.1 Å². The van der Waals surface area contributed by atoms with Crippen molar-refractivity contribution in [3.8, 4) is 0 Å². The van der Waals surface area contributed by atoms with Crippen LogP contribution in [0.25, 0.3) is 0 Å². The van der Waals surface area contributed by atoms with E-state index in [4.69, 9.17) is 15.7 Å². The van der Waals surface area contributed by atoms with Gasteiger partial charge in [-0.2, -0.15) is 0 Å². The first-order chi connectivity index (χ1) is 9.74. The highest BCUT2D eigenvalue weighted by molar-refractivity contribution is 5.87. The highest BCUT2D eigenvalue weighted by Gasteiger charge is 2.26. The molecule has 110 valence electrons. The second-order valence-electron chi connectivity index (χ2n) is 5.36. The standard InChI is InChI=1S/C15H23N3O2/c1-20-11-12-7-8-18(9-12)10-14(15(16)17-19)13-5-3-2-4-6-13/h2-6,12,14,19H,7-11H2,1H3,(H2,16,17). The molecule has 2 rings (SSSR count). The number of likely N-dealkylation sites (tertiary alicyclic amines) is 1. The van der Waals surface area contributed by atoms with Crippen LogP contribution in [-0.2, 0) is 4.74 Å². The zero-order valence-corrected chi connectivity index (χ0v) is 11.9. The molecule has 20 heavy (non-hydrogen) atoms. The van der Waals surface area contributed by atoms with Crippen LogP contribution in [0.3, 0.4) is 0 Å². The first-order valence-corrected chi connectivity index (χ1v) is 6.98. The highest BCUT2D eigenvalue weighted by Crippen LogP contribution is 2.22. The minimum absolute atomic E-state index is 0.0671. The van der Waals surface area contributed by atoms with Crippen LogP contribution < -0.4 is 5.73 Å². The molecule has 5 heteroatoms. The lowest BCUT2D eigenvalue weighted by molar-refractivity contribution is 0.153. The van der Waals surface area contributed by atoms with Crippen molar-refractivity contribution in [3.63, 3.8) is 0 Å². The van der Waals surface area contributed by atoms with Gasteiger partial charge in [-0.05, 0) is 24.4 Å². The van der Waals surface area contributed by atoms with E-state index in [1.807, 2.05) is 30.3 Å². The Morgan fingerprint density at radius 1 is 1.50 bits per heavy atom. The Hall–Kier alpha value is -1.59. The number of nitrogens with zero attached hydrogens (tertiary/aromatic N) is 2. The Morgan fingerprint density at radius 3 is 2.90 bits per heavy atom. The van der Waals surface area contributed by atoms with Crippen molar-refractivity contribution in [3.05, 3.63) is 35.9 Å². The molecule has 2 unspecified atom stereocenters. The minimum Gasteiger partial charge on any atom is -0.409 e. The number of amidine groups is 1. The highest BCUT2D eigenvalue weighted by atomic mass is 16.5. The summed E-state index contributed by atoms with van der Waals surface area (Å²) in [4.78, 5) is 2.36. The normalized spacial score (nSPS) is 22.1. The molecule has 0 aliphatic carbocycles. The summed E-state index contributed by atoms with van der Waals surface area (Å²) < 4.78 is 5.22. The smallest absolute Gasteiger partial charge is 0.147 e. The fraction of sp³-hybridized carbons (Fsp3) is 0.533. The third-order valence-electron chi connectivity index (χ3n) is 3.89. The number of methoxy groups -OCH3 is 1. The van der Waals surface area contributed by atoms with Crippen molar-refractivity contribution in [1.29, 1.82) is 0 Å². The molecule has 0 amide bonds. The summed E-state index contributed by atoms with van der Waals surface area (Å²) >= 11 is 0. The molecule has 0 radical (unpaired) electrons. The zero-order chi connectivity index (χ0) is 14.4. The molecule has 1 heterocycles. The molecular formula is C15H23N3O2. The van der Waals surface area contributed by atoms with E-state index in [9.17, 15) is 0 Å². The third-order valence-corrected chi connectivity index (χ3v) is 3.89. The van der Waals surface area contributed by atoms with E-state index in [-0.39, 0.29) is 11.8 Å². The maximum atomic E-state index is 9.00. The van der Waals surface area contributed by atoms with Crippen molar-refractivity contribution in [2.75, 3.05) is 33.4 Å². The molecule has 1 aromatic carbocycles. The van der Waals surface area contributed by atoms with E-state index in [1.165, 1.54) is 0 Å². The van der Waals surface area contributed by atoms with Gasteiger partial charge in [-0.15, -0.1) is 0 Å². The number of benzene rings is 1. The number of ether oxygens (including phenoxy) is 1. The van der Waals surface area contributed by atoms with Gasteiger partial charge in [-0.25, -0.2) is 0 Å². The molecule has 1 aliphatic heterocycles. The molecule has 0 saturated carbocycles. The summed E-state index contributed by atoms with van der Waals surface area (Å²) in [5.74, 6) is 0.789. The van der Waals surface area contributed by atoms with Gasteiger partial charge in [0.2, 0.25) is 0 Å². The Morgan fingerprint density at radius 2 is 2.25 bits per heavy atom. The van der Waals surface area contributed by atoms with Gasteiger partial charge in [0.25, 0.3) is 0 Å². The summed E-state index contributed by atoms with van der Waals surface area (Å²) in [5, 5.41) is 12.2. The molecule has 0 aromatic heterocycles. The number of hydrogen-bond donors (Lipinski definition) is 2. The number of oxime groups is 1. The van der Waals surface area contributed by atoms with Gasteiger partial charge in [0.05, 0.1) is 12.5 Å². The molecule has 2 atom stereocenters. The van der Waals surface area contributed by atoms with Crippen LogP contribution in [0.1, 0.15) is 17.9 Å². The molecule has 5 nitrogen and oxygen atoms in total. The van der Waals surface area contributed by atoms with Gasteiger partial charge in [0.1, 0.15) is 5.84 Å². The fourth-order valence-electron chi connectivity index (χ4n) is 2.83. The van der Waals surface area contributed by atoms with Crippen molar-refractivity contribution in [2.24, 2.45) is 16.8 Å². The van der Waals surface area contributed by atoms with Crippen LogP contribution in [0.2, 0.25) is 0 Å². The maximum absolute atomic E-state index is 9.00. The maximum Gasteiger partial charge on any atom is 0.147 e. The van der Waals surface area contributed by atoms with Gasteiger partial charge in [-0.1, -0.05) is 35.5 Å². The first-order valence-electron chi connectivity index (χ1n) is 6.98. The summed E-state index contributed by atoms with van der Waals surface area (Å²) in [7, 11) is 1.74. The number of rotatable bonds is 6. The molecule has 0 spiro atoms. The van der Waals surface area contributed by atoms with E-state index in [1.54, 1.807) is 7.11 Å². The lowest BCUT2D eigenvalue weighted by Crippen LogP contribution is -2.34. The quantitative estimate of drug-likeness (QED) is 0.358. The second-order valence-corrected chi connectivity index (χ2v) is 5.36. The van der Waals surface area contributed by atoms with Crippen LogP contribution in [0.15, 0.2) is 35.5 Å². The largest absolute Gasteiger partial charge is 0.409 e. The van der Waals surface area contributed by atoms with Crippen molar-refractivity contribution in [2.45, 2.75) is 12.3 Å². The van der Waals surface area contributed by atoms with Gasteiger partial charge in [0, 0.05) is 20.2 Å². The summed E-state index contributed by atoms with van der Waals surface area (Å²) in [6.45, 7) is 3.63. The van der Waals surface area contributed by atoms with E-state index >= 15 is 0 Å². The SMILES string of the molecule is COCC1CCN(CC(C(N)=NO)c2ccccc2)C1. The molecule has 1 aliphatic rings. The van der Waals surface area contributed by atoms with Gasteiger partial charge < -0.3 is 20.6 Å². The van der Waals surface area contributed by atoms with Crippen LogP contribution in [-0.4, -0.2) is 49.3 Å². The van der Waals surface area contributed by atoms with E-state index < -0.39 is 0 Å². The molecule has 0 bridgehead atoms. The Bertz CT molecular complexity index is 436. The molecule has 1 fully saturated rings. The van der Waals surface area contributed by atoms with Crippen LogP contribution in [0.5, 0.6) is 0 Å².